The quantitative estimate of drug-likeness (QED) is 0.911. The van der Waals surface area contributed by atoms with Crippen LogP contribution in [0.1, 0.15) is 12.0 Å². The average Bonchev–Trinajstić information content (AvgIpc) is 3.05. The number of aliphatic hydroxyl groups is 1. The lowest BCUT2D eigenvalue weighted by Crippen LogP contribution is -2.33. The van der Waals surface area contributed by atoms with E-state index < -0.39 is 0 Å². The Bertz CT molecular complexity index is 685. The van der Waals surface area contributed by atoms with Gasteiger partial charge in [0.05, 0.1) is 0 Å². The number of nitrogens with one attached hydrogen (secondary N) is 1. The zero-order valence-electron chi connectivity index (χ0n) is 13.3. The van der Waals surface area contributed by atoms with Gasteiger partial charge in [-0.05, 0) is 42.2 Å². The molecular formula is C19H22N2O2. The van der Waals surface area contributed by atoms with Gasteiger partial charge in [-0.1, -0.05) is 36.4 Å². The van der Waals surface area contributed by atoms with Crippen molar-refractivity contribution in [2.75, 3.05) is 25.0 Å². The first-order chi connectivity index (χ1) is 11.2. The summed E-state index contributed by atoms with van der Waals surface area (Å²) in [6, 6.07) is 16.1. The molecule has 0 spiro atoms. The van der Waals surface area contributed by atoms with Crippen LogP contribution < -0.4 is 5.32 Å². The van der Waals surface area contributed by atoms with Gasteiger partial charge in [0.15, 0.2) is 0 Å². The van der Waals surface area contributed by atoms with Gasteiger partial charge in [-0.2, -0.15) is 0 Å². The third kappa shape index (κ3) is 3.54. The second-order valence-corrected chi connectivity index (χ2v) is 6.11. The van der Waals surface area contributed by atoms with Gasteiger partial charge >= 0.3 is 6.03 Å². The van der Waals surface area contributed by atoms with Crippen LogP contribution in [0, 0.1) is 12.8 Å². The Labute approximate surface area is 136 Å². The SMILES string of the molecule is Cc1cc(NC(=O)N2CC[C@H](CO)C2)ccc1-c1ccccc1. The van der Waals surface area contributed by atoms with Gasteiger partial charge in [-0.15, -0.1) is 0 Å². The number of aryl methyl sites for hydroxylation is 1. The fraction of sp³-hybridized carbons (Fsp3) is 0.316. The number of hydrogen-bond donors (Lipinski definition) is 2. The maximum atomic E-state index is 12.3. The molecule has 0 unspecified atom stereocenters. The first kappa shape index (κ1) is 15.6. The summed E-state index contributed by atoms with van der Waals surface area (Å²) in [6.07, 6.45) is 0.871. The van der Waals surface area contributed by atoms with Gasteiger partial charge in [-0.25, -0.2) is 4.79 Å². The standard InChI is InChI=1S/C19H22N2O2/c1-14-11-17(7-8-18(14)16-5-3-2-4-6-16)20-19(23)21-10-9-15(12-21)13-22/h2-8,11,15,22H,9-10,12-13H2,1H3,(H,20,23)/t15-/m0/s1. The molecule has 1 aliphatic rings. The molecule has 1 heterocycles. The first-order valence-electron chi connectivity index (χ1n) is 8.00. The lowest BCUT2D eigenvalue weighted by atomic mass is 10.0. The monoisotopic (exact) mass is 310 g/mol. The normalized spacial score (nSPS) is 17.3. The van der Waals surface area contributed by atoms with Crippen molar-refractivity contribution >= 4 is 11.7 Å². The van der Waals surface area contributed by atoms with Gasteiger partial charge in [0.2, 0.25) is 0 Å². The van der Waals surface area contributed by atoms with Gasteiger partial charge in [0.25, 0.3) is 0 Å². The van der Waals surface area contributed by atoms with E-state index in [0.29, 0.717) is 13.1 Å². The summed E-state index contributed by atoms with van der Waals surface area (Å²) in [5, 5.41) is 12.1. The highest BCUT2D eigenvalue weighted by molar-refractivity contribution is 5.90. The molecule has 2 amide bonds. The summed E-state index contributed by atoms with van der Waals surface area (Å²) in [5.41, 5.74) is 4.28. The molecule has 0 aromatic heterocycles. The number of carbonyl (C=O) groups is 1. The van der Waals surface area contributed by atoms with Crippen molar-refractivity contribution in [3.63, 3.8) is 0 Å². The Morgan fingerprint density at radius 2 is 2.04 bits per heavy atom. The molecule has 0 radical (unpaired) electrons. The van der Waals surface area contributed by atoms with Crippen LogP contribution >= 0.6 is 0 Å². The van der Waals surface area contributed by atoms with Crippen LogP contribution in [0.2, 0.25) is 0 Å². The highest BCUT2D eigenvalue weighted by Gasteiger charge is 2.25. The van der Waals surface area contributed by atoms with Crippen LogP contribution in [0.15, 0.2) is 48.5 Å². The van der Waals surface area contributed by atoms with Crippen LogP contribution in [0.25, 0.3) is 11.1 Å². The fourth-order valence-corrected chi connectivity index (χ4v) is 3.05. The maximum Gasteiger partial charge on any atom is 0.321 e. The maximum absolute atomic E-state index is 12.3. The van der Waals surface area contributed by atoms with Crippen molar-refractivity contribution in [1.82, 2.24) is 4.90 Å². The summed E-state index contributed by atoms with van der Waals surface area (Å²) < 4.78 is 0. The second kappa shape index (κ2) is 6.84. The van der Waals surface area contributed by atoms with Crippen LogP contribution in [-0.2, 0) is 0 Å². The molecular weight excluding hydrogens is 288 g/mol. The lowest BCUT2D eigenvalue weighted by Gasteiger charge is -2.18. The minimum atomic E-state index is -0.0900. The van der Waals surface area contributed by atoms with E-state index in [2.05, 4.69) is 24.4 Å². The van der Waals surface area contributed by atoms with Crippen molar-refractivity contribution in [2.24, 2.45) is 5.92 Å². The average molecular weight is 310 g/mol. The van der Waals surface area contributed by atoms with E-state index in [0.717, 1.165) is 17.7 Å². The number of benzene rings is 2. The van der Waals surface area contributed by atoms with Crippen molar-refractivity contribution < 1.29 is 9.90 Å². The largest absolute Gasteiger partial charge is 0.396 e. The molecule has 1 saturated heterocycles. The summed E-state index contributed by atoms with van der Waals surface area (Å²) in [6.45, 7) is 3.53. The van der Waals surface area contributed by atoms with Crippen LogP contribution in [0.5, 0.6) is 0 Å². The third-order valence-electron chi connectivity index (χ3n) is 4.39. The van der Waals surface area contributed by atoms with Crippen molar-refractivity contribution in [2.45, 2.75) is 13.3 Å². The van der Waals surface area contributed by atoms with Crippen molar-refractivity contribution in [3.8, 4) is 11.1 Å². The molecule has 1 fully saturated rings. The molecule has 0 saturated carbocycles. The van der Waals surface area contributed by atoms with Gasteiger partial charge in [0, 0.05) is 31.3 Å². The zero-order valence-corrected chi connectivity index (χ0v) is 13.3. The molecule has 120 valence electrons. The molecule has 1 aliphatic heterocycles. The molecule has 23 heavy (non-hydrogen) atoms. The molecule has 2 aromatic carbocycles. The minimum absolute atomic E-state index is 0.0900. The van der Waals surface area contributed by atoms with Gasteiger partial charge in [-0.3, -0.25) is 0 Å². The van der Waals surface area contributed by atoms with Crippen LogP contribution in [0.4, 0.5) is 10.5 Å². The molecule has 0 bridgehead atoms. The molecule has 1 atom stereocenters. The van der Waals surface area contributed by atoms with E-state index in [1.165, 1.54) is 11.1 Å². The molecule has 2 N–H and O–H groups in total. The number of aliphatic hydroxyl groups excluding tert-OH is 1. The third-order valence-corrected chi connectivity index (χ3v) is 4.39. The highest BCUT2D eigenvalue weighted by Crippen LogP contribution is 2.26. The Hall–Kier alpha value is -2.33. The number of urea groups is 1. The number of amides is 2. The van der Waals surface area contributed by atoms with E-state index >= 15 is 0 Å². The van der Waals surface area contributed by atoms with E-state index in [1.54, 1.807) is 4.90 Å². The highest BCUT2D eigenvalue weighted by atomic mass is 16.3. The fourth-order valence-electron chi connectivity index (χ4n) is 3.05. The number of rotatable bonds is 3. The smallest absolute Gasteiger partial charge is 0.321 e. The van der Waals surface area contributed by atoms with Crippen LogP contribution in [-0.4, -0.2) is 35.7 Å². The Kier molecular flexibility index (Phi) is 4.63. The number of anilines is 1. The Balaban J connectivity index is 1.70. The van der Waals surface area contributed by atoms with Crippen molar-refractivity contribution in [3.05, 3.63) is 54.1 Å². The summed E-state index contributed by atoms with van der Waals surface area (Å²) >= 11 is 0. The lowest BCUT2D eigenvalue weighted by molar-refractivity contribution is 0.209. The first-order valence-corrected chi connectivity index (χ1v) is 8.00. The number of nitrogens with zero attached hydrogens (tertiary/aromatic N) is 1. The van der Waals surface area contributed by atoms with E-state index in [-0.39, 0.29) is 18.6 Å². The van der Waals surface area contributed by atoms with Crippen molar-refractivity contribution in [1.29, 1.82) is 0 Å². The van der Waals surface area contributed by atoms with Gasteiger partial charge < -0.3 is 15.3 Å². The molecule has 0 aliphatic carbocycles. The Morgan fingerprint density at radius 1 is 1.26 bits per heavy atom. The predicted octanol–water partition coefficient (Wildman–Crippen LogP) is 3.51. The predicted molar refractivity (Wildman–Crippen MR) is 92.4 cm³/mol. The summed E-state index contributed by atoms with van der Waals surface area (Å²) in [5.74, 6) is 0.211. The number of carbonyl (C=O) groups excluding carboxylic acids is 1. The summed E-state index contributed by atoms with van der Waals surface area (Å²) in [4.78, 5) is 14.0. The van der Waals surface area contributed by atoms with E-state index in [9.17, 15) is 9.90 Å². The minimum Gasteiger partial charge on any atom is -0.396 e. The Morgan fingerprint density at radius 3 is 2.70 bits per heavy atom. The molecule has 2 aromatic rings. The molecule has 3 rings (SSSR count). The van der Waals surface area contributed by atoms with E-state index in [1.807, 2.05) is 36.4 Å². The zero-order chi connectivity index (χ0) is 16.2. The molecule has 4 heteroatoms. The molecule has 4 nitrogen and oxygen atoms in total. The number of likely N-dealkylation sites (tertiary alicyclic amines) is 1. The van der Waals surface area contributed by atoms with Gasteiger partial charge in [0.1, 0.15) is 0 Å². The summed E-state index contributed by atoms with van der Waals surface area (Å²) in [7, 11) is 0. The topological polar surface area (TPSA) is 52.6 Å². The van der Waals surface area contributed by atoms with Crippen LogP contribution in [0.3, 0.4) is 0 Å². The number of hydrogen-bond acceptors (Lipinski definition) is 2. The second-order valence-electron chi connectivity index (χ2n) is 6.11. The van der Waals surface area contributed by atoms with E-state index in [4.69, 9.17) is 0 Å².